The fourth-order valence-electron chi connectivity index (χ4n) is 6.89. The molecule has 0 amide bonds. The van der Waals surface area contributed by atoms with Crippen molar-refractivity contribution in [1.82, 2.24) is 0 Å². The van der Waals surface area contributed by atoms with Crippen LogP contribution in [-0.4, -0.2) is 0 Å². The van der Waals surface area contributed by atoms with Gasteiger partial charge in [0, 0.05) is 0 Å². The van der Waals surface area contributed by atoms with Crippen molar-refractivity contribution in [2.75, 3.05) is 0 Å². The molecule has 7 aliphatic rings. The third-order valence-corrected chi connectivity index (χ3v) is 6.93. The van der Waals surface area contributed by atoms with Crippen molar-refractivity contribution >= 4 is 0 Å². The van der Waals surface area contributed by atoms with Gasteiger partial charge >= 0.3 is 0 Å². The van der Waals surface area contributed by atoms with Crippen LogP contribution in [0.15, 0.2) is 0 Å². The summed E-state index contributed by atoms with van der Waals surface area (Å²) in [7, 11) is 0. The summed E-state index contributed by atoms with van der Waals surface area (Å²) in [5.74, 6) is 9.74. The topological polar surface area (TPSA) is 0 Å². The van der Waals surface area contributed by atoms with Crippen LogP contribution in [-0.2, 0) is 0 Å². The molecule has 0 aliphatic heterocycles. The molecule has 0 nitrogen and oxygen atoms in total. The smallest absolute Gasteiger partial charge is 0.0349 e. The Kier molecular flexibility index (Phi) is 3.49. The highest BCUT2D eigenvalue weighted by Crippen LogP contribution is 2.71. The van der Waals surface area contributed by atoms with Crippen molar-refractivity contribution in [2.24, 2.45) is 47.3 Å². The molecule has 7 rings (SSSR count). The van der Waals surface area contributed by atoms with Crippen LogP contribution in [0, 0.1) is 47.3 Å². The van der Waals surface area contributed by atoms with Gasteiger partial charge in [0.1, 0.15) is 0 Å². The first-order valence-corrected chi connectivity index (χ1v) is 8.90. The molecule has 104 valence electrons. The summed E-state index contributed by atoms with van der Waals surface area (Å²) in [6.45, 7) is 8.00. The minimum absolute atomic E-state index is 1.19. The van der Waals surface area contributed by atoms with Gasteiger partial charge in [0.05, 0.1) is 0 Å². The lowest BCUT2D eigenvalue weighted by atomic mass is 9.36. The van der Waals surface area contributed by atoms with Crippen LogP contribution in [0.2, 0.25) is 0 Å². The summed E-state index contributed by atoms with van der Waals surface area (Å²) < 4.78 is 0. The molecule has 0 unspecified atom stereocenters. The Balaban J connectivity index is 0.000000231. The van der Waals surface area contributed by atoms with Crippen molar-refractivity contribution < 1.29 is 0 Å². The van der Waals surface area contributed by atoms with E-state index >= 15 is 0 Å². The lowest BCUT2D eigenvalue weighted by Crippen LogP contribution is -2.62. The van der Waals surface area contributed by atoms with E-state index in [1.165, 1.54) is 47.3 Å². The van der Waals surface area contributed by atoms with E-state index < -0.39 is 0 Å². The van der Waals surface area contributed by atoms with E-state index in [1.54, 1.807) is 38.5 Å². The molecule has 0 N–H and O–H groups in total. The van der Waals surface area contributed by atoms with E-state index in [9.17, 15) is 0 Å². The van der Waals surface area contributed by atoms with E-state index in [0.29, 0.717) is 0 Å². The van der Waals surface area contributed by atoms with Gasteiger partial charge in [0.15, 0.2) is 0 Å². The van der Waals surface area contributed by atoms with Crippen LogP contribution in [0.1, 0.15) is 66.2 Å². The minimum Gasteiger partial charge on any atom is -0.0683 e. The van der Waals surface area contributed by atoms with Gasteiger partial charge in [-0.05, 0) is 85.9 Å². The zero-order valence-electron chi connectivity index (χ0n) is 12.9. The Morgan fingerprint density at radius 2 is 0.556 bits per heavy atom. The zero-order chi connectivity index (χ0) is 12.9. The summed E-state index contributed by atoms with van der Waals surface area (Å²) in [4.78, 5) is 0. The number of rotatable bonds is 0. The van der Waals surface area contributed by atoms with E-state index in [1.807, 2.05) is 27.7 Å². The predicted molar refractivity (Wildman–Crippen MR) is 78.3 cm³/mol. The van der Waals surface area contributed by atoms with Crippen molar-refractivity contribution in [3.63, 3.8) is 0 Å². The van der Waals surface area contributed by atoms with Crippen LogP contribution in [0.3, 0.4) is 0 Å². The van der Waals surface area contributed by atoms with Gasteiger partial charge in [-0.2, -0.15) is 0 Å². The average molecular weight is 248 g/mol. The lowest BCUT2D eigenvalue weighted by molar-refractivity contribution is -0.202. The van der Waals surface area contributed by atoms with E-state index in [0.717, 1.165) is 0 Å². The van der Waals surface area contributed by atoms with Crippen molar-refractivity contribution in [2.45, 2.75) is 66.2 Å². The largest absolute Gasteiger partial charge is 0.0683 e. The molecule has 0 aromatic rings. The summed E-state index contributed by atoms with van der Waals surface area (Å²) >= 11 is 0. The first kappa shape index (κ1) is 13.0. The van der Waals surface area contributed by atoms with E-state index in [4.69, 9.17) is 0 Å². The van der Waals surface area contributed by atoms with Gasteiger partial charge in [0.2, 0.25) is 0 Å². The molecule has 8 bridgehead atoms. The zero-order valence-corrected chi connectivity index (χ0v) is 12.9. The Hall–Kier alpha value is 0. The highest BCUT2D eigenvalue weighted by molar-refractivity contribution is 5.12. The maximum absolute atomic E-state index is 2.00. The molecule has 0 aromatic carbocycles. The summed E-state index contributed by atoms with van der Waals surface area (Å²) in [5, 5.41) is 0. The maximum atomic E-state index is 2.00. The average Bonchev–Trinajstić information content (AvgIpc) is 2.48. The molecule has 0 radical (unpaired) electrons. The van der Waals surface area contributed by atoms with Crippen molar-refractivity contribution in [3.05, 3.63) is 0 Å². The van der Waals surface area contributed by atoms with Gasteiger partial charge in [0.25, 0.3) is 0 Å². The van der Waals surface area contributed by atoms with Crippen LogP contribution in [0.25, 0.3) is 0 Å². The predicted octanol–water partition coefficient (Wildman–Crippen LogP) is 5.38. The molecule has 0 atom stereocenters. The standard InChI is InChI=1S/C14H20.2C2H6/c1-7-2-12-10-4-8-5-11(9(1)10)13(3-7)14(12)6-8;2*1-2/h7-14H,1-6H2;2*1-2H3. The fraction of sp³-hybridized carbons (Fsp3) is 1.00. The third-order valence-electron chi connectivity index (χ3n) is 6.93. The molecule has 0 heterocycles. The fourth-order valence-corrected chi connectivity index (χ4v) is 6.89. The van der Waals surface area contributed by atoms with Crippen LogP contribution < -0.4 is 0 Å². The normalized spacial score (nSPS) is 56.7. The third kappa shape index (κ3) is 1.56. The van der Waals surface area contributed by atoms with Crippen molar-refractivity contribution in [3.8, 4) is 0 Å². The first-order valence-electron chi connectivity index (χ1n) is 8.90. The van der Waals surface area contributed by atoms with Crippen molar-refractivity contribution in [1.29, 1.82) is 0 Å². The number of hydrogen-bond donors (Lipinski definition) is 0. The minimum atomic E-state index is 1.19. The van der Waals surface area contributed by atoms with Crippen LogP contribution in [0.4, 0.5) is 0 Å². The van der Waals surface area contributed by atoms with E-state index in [-0.39, 0.29) is 0 Å². The van der Waals surface area contributed by atoms with Gasteiger partial charge in [-0.3, -0.25) is 0 Å². The molecule has 7 fully saturated rings. The number of hydrogen-bond acceptors (Lipinski definition) is 0. The first-order chi connectivity index (χ1) is 8.90. The Labute approximate surface area is 114 Å². The quantitative estimate of drug-likeness (QED) is 0.540. The maximum Gasteiger partial charge on any atom is -0.0349 e. The molecular formula is C18H32. The van der Waals surface area contributed by atoms with Gasteiger partial charge < -0.3 is 0 Å². The van der Waals surface area contributed by atoms with Crippen LogP contribution in [0.5, 0.6) is 0 Å². The summed E-state index contributed by atoms with van der Waals surface area (Å²) in [5.41, 5.74) is 0. The molecule has 0 heteroatoms. The monoisotopic (exact) mass is 248 g/mol. The summed E-state index contributed by atoms with van der Waals surface area (Å²) in [6, 6.07) is 0. The second kappa shape index (κ2) is 4.84. The summed E-state index contributed by atoms with van der Waals surface area (Å²) in [6.07, 6.45) is 9.93. The SMILES string of the molecule is C1C2CC3C4CC5CC(C14)C(C2)C3C5.CC.CC. The molecule has 0 saturated heterocycles. The van der Waals surface area contributed by atoms with E-state index in [2.05, 4.69) is 0 Å². The lowest BCUT2D eigenvalue weighted by Gasteiger charge is -2.69. The van der Waals surface area contributed by atoms with Gasteiger partial charge in [-0.15, -0.1) is 0 Å². The van der Waals surface area contributed by atoms with Gasteiger partial charge in [-0.25, -0.2) is 0 Å². The second-order valence-electron chi connectivity index (χ2n) is 7.13. The van der Waals surface area contributed by atoms with Gasteiger partial charge in [-0.1, -0.05) is 27.7 Å². The highest BCUT2D eigenvalue weighted by atomic mass is 14.7. The van der Waals surface area contributed by atoms with Crippen LogP contribution >= 0.6 is 0 Å². The highest BCUT2D eigenvalue weighted by Gasteiger charge is 2.63. The molecule has 18 heavy (non-hydrogen) atoms. The molecule has 7 aliphatic carbocycles. The Morgan fingerprint density at radius 3 is 0.722 bits per heavy atom. The Morgan fingerprint density at radius 1 is 0.389 bits per heavy atom. The molecule has 7 saturated carbocycles. The molecule has 0 aromatic heterocycles. The Bertz CT molecular complexity index is 205. The molecular weight excluding hydrogens is 216 g/mol. The second-order valence-corrected chi connectivity index (χ2v) is 7.13. The molecule has 0 spiro atoms.